The van der Waals surface area contributed by atoms with E-state index in [4.69, 9.17) is 4.74 Å². The van der Waals surface area contributed by atoms with Crippen LogP contribution in [-0.2, 0) is 10.0 Å². The maximum Gasteiger partial charge on any atom is 0.251 e. The minimum atomic E-state index is -3.53. The topological polar surface area (TPSA) is 75.7 Å². The van der Waals surface area contributed by atoms with Crippen molar-refractivity contribution in [3.8, 4) is 5.75 Å². The number of halogens is 1. The van der Waals surface area contributed by atoms with Crippen LogP contribution in [0.4, 0.5) is 10.1 Å². The lowest BCUT2D eigenvalue weighted by Gasteiger charge is -2.22. The molecule has 0 atom stereocenters. The number of carbonyl (C=O) groups is 1. The van der Waals surface area contributed by atoms with Gasteiger partial charge in [0, 0.05) is 12.1 Å². The maximum absolute atomic E-state index is 13.1. The highest BCUT2D eigenvalue weighted by Crippen LogP contribution is 2.21. The van der Waals surface area contributed by atoms with Crippen molar-refractivity contribution in [2.24, 2.45) is 0 Å². The SMILES string of the molecule is COc1ccc(N(CCNC(=O)c2cccc(F)c2)S(C)(=O)=O)cc1. The van der Waals surface area contributed by atoms with E-state index in [1.165, 1.54) is 29.6 Å². The van der Waals surface area contributed by atoms with Crippen LogP contribution in [-0.4, -0.2) is 40.8 Å². The van der Waals surface area contributed by atoms with Gasteiger partial charge in [-0.1, -0.05) is 6.07 Å². The fraction of sp³-hybridized carbons (Fsp3) is 0.235. The van der Waals surface area contributed by atoms with Crippen molar-refractivity contribution in [1.82, 2.24) is 5.32 Å². The van der Waals surface area contributed by atoms with E-state index in [1.54, 1.807) is 24.3 Å². The predicted molar refractivity (Wildman–Crippen MR) is 93.9 cm³/mol. The van der Waals surface area contributed by atoms with Gasteiger partial charge in [0.25, 0.3) is 5.91 Å². The molecular weight excluding hydrogens is 347 g/mol. The van der Waals surface area contributed by atoms with Crippen molar-refractivity contribution in [2.45, 2.75) is 0 Å². The predicted octanol–water partition coefficient (Wildman–Crippen LogP) is 2.03. The van der Waals surface area contributed by atoms with Gasteiger partial charge in [-0.05, 0) is 42.5 Å². The molecule has 0 unspecified atom stereocenters. The first-order chi connectivity index (χ1) is 11.8. The Bertz CT molecular complexity index is 838. The van der Waals surface area contributed by atoms with Crippen molar-refractivity contribution in [3.05, 3.63) is 59.9 Å². The number of ether oxygens (including phenoxy) is 1. The molecule has 134 valence electrons. The number of benzene rings is 2. The molecule has 0 spiro atoms. The number of hydrogen-bond donors (Lipinski definition) is 1. The Morgan fingerprint density at radius 3 is 2.44 bits per heavy atom. The zero-order chi connectivity index (χ0) is 18.4. The zero-order valence-electron chi connectivity index (χ0n) is 13.9. The largest absolute Gasteiger partial charge is 0.497 e. The van der Waals surface area contributed by atoms with Crippen molar-refractivity contribution in [3.63, 3.8) is 0 Å². The average molecular weight is 366 g/mol. The second kappa shape index (κ2) is 7.98. The Morgan fingerprint density at radius 1 is 1.20 bits per heavy atom. The van der Waals surface area contributed by atoms with Crippen LogP contribution in [0.5, 0.6) is 5.75 Å². The summed E-state index contributed by atoms with van der Waals surface area (Å²) < 4.78 is 43.4. The molecule has 0 aliphatic heterocycles. The molecule has 0 aromatic heterocycles. The van der Waals surface area contributed by atoms with Gasteiger partial charge in [0.1, 0.15) is 11.6 Å². The first-order valence-electron chi connectivity index (χ1n) is 7.47. The number of sulfonamides is 1. The number of amides is 1. The Morgan fingerprint density at radius 2 is 1.88 bits per heavy atom. The molecule has 0 fully saturated rings. The van der Waals surface area contributed by atoms with Gasteiger partial charge in [-0.25, -0.2) is 12.8 Å². The Balaban J connectivity index is 2.04. The fourth-order valence-electron chi connectivity index (χ4n) is 2.24. The standard InChI is InChI=1S/C17H19FN2O4S/c1-24-16-8-6-15(7-9-16)20(25(2,22)23)11-10-19-17(21)13-4-3-5-14(18)12-13/h3-9,12H,10-11H2,1-2H3,(H,19,21). The molecule has 0 radical (unpaired) electrons. The van der Waals surface area contributed by atoms with Gasteiger partial charge in [-0.3, -0.25) is 9.10 Å². The van der Waals surface area contributed by atoms with Crippen molar-refractivity contribution in [1.29, 1.82) is 0 Å². The van der Waals surface area contributed by atoms with E-state index in [0.717, 1.165) is 12.3 Å². The van der Waals surface area contributed by atoms with Crippen LogP contribution in [0.3, 0.4) is 0 Å². The average Bonchev–Trinajstić information content (AvgIpc) is 2.57. The molecule has 0 heterocycles. The molecule has 25 heavy (non-hydrogen) atoms. The van der Waals surface area contributed by atoms with Gasteiger partial charge in [0.05, 0.1) is 25.6 Å². The quantitative estimate of drug-likeness (QED) is 0.814. The number of rotatable bonds is 7. The lowest BCUT2D eigenvalue weighted by Crippen LogP contribution is -2.38. The first kappa shape index (κ1) is 18.7. The van der Waals surface area contributed by atoms with Crippen molar-refractivity contribution in [2.75, 3.05) is 30.8 Å². The molecule has 2 rings (SSSR count). The van der Waals surface area contributed by atoms with E-state index in [0.29, 0.717) is 11.4 Å². The number of nitrogens with one attached hydrogen (secondary N) is 1. The summed E-state index contributed by atoms with van der Waals surface area (Å²) >= 11 is 0. The van der Waals surface area contributed by atoms with Crippen LogP contribution < -0.4 is 14.4 Å². The highest BCUT2D eigenvalue weighted by atomic mass is 32.2. The third-order valence-electron chi connectivity index (χ3n) is 3.45. The van der Waals surface area contributed by atoms with E-state index in [2.05, 4.69) is 5.32 Å². The highest BCUT2D eigenvalue weighted by molar-refractivity contribution is 7.92. The summed E-state index contributed by atoms with van der Waals surface area (Å²) in [6, 6.07) is 11.8. The molecule has 0 aliphatic rings. The lowest BCUT2D eigenvalue weighted by atomic mass is 10.2. The van der Waals surface area contributed by atoms with E-state index in [-0.39, 0.29) is 18.7 Å². The van der Waals surface area contributed by atoms with Crippen molar-refractivity contribution >= 4 is 21.6 Å². The number of anilines is 1. The summed E-state index contributed by atoms with van der Waals surface area (Å²) in [5.41, 5.74) is 0.638. The Labute approximate surface area is 146 Å². The van der Waals surface area contributed by atoms with Gasteiger partial charge < -0.3 is 10.1 Å². The second-order valence-corrected chi connectivity index (χ2v) is 7.21. The normalized spacial score (nSPS) is 11.0. The molecule has 2 aromatic rings. The smallest absolute Gasteiger partial charge is 0.251 e. The molecule has 1 amide bonds. The first-order valence-corrected chi connectivity index (χ1v) is 9.31. The van der Waals surface area contributed by atoms with E-state index >= 15 is 0 Å². The second-order valence-electron chi connectivity index (χ2n) is 5.30. The van der Waals surface area contributed by atoms with Gasteiger partial charge in [-0.15, -0.1) is 0 Å². The lowest BCUT2D eigenvalue weighted by molar-refractivity contribution is 0.0954. The van der Waals surface area contributed by atoms with Crippen LogP contribution in [0.1, 0.15) is 10.4 Å². The summed E-state index contributed by atoms with van der Waals surface area (Å²) in [5, 5.41) is 2.58. The van der Waals surface area contributed by atoms with Crippen LogP contribution in [0.2, 0.25) is 0 Å². The molecule has 1 N–H and O–H groups in total. The van der Waals surface area contributed by atoms with Gasteiger partial charge >= 0.3 is 0 Å². The van der Waals surface area contributed by atoms with Crippen LogP contribution in [0.15, 0.2) is 48.5 Å². The van der Waals surface area contributed by atoms with Gasteiger partial charge in [-0.2, -0.15) is 0 Å². The van der Waals surface area contributed by atoms with E-state index in [1.807, 2.05) is 0 Å². The number of hydrogen-bond acceptors (Lipinski definition) is 4. The van der Waals surface area contributed by atoms with E-state index < -0.39 is 21.7 Å². The molecule has 8 heteroatoms. The zero-order valence-corrected chi connectivity index (χ0v) is 14.7. The fourth-order valence-corrected chi connectivity index (χ4v) is 3.17. The highest BCUT2D eigenvalue weighted by Gasteiger charge is 2.17. The van der Waals surface area contributed by atoms with Gasteiger partial charge in [0.15, 0.2) is 0 Å². The third-order valence-corrected chi connectivity index (χ3v) is 4.64. The molecule has 0 bridgehead atoms. The monoisotopic (exact) mass is 366 g/mol. The Kier molecular flexibility index (Phi) is 5.97. The maximum atomic E-state index is 13.1. The number of nitrogens with zero attached hydrogens (tertiary/aromatic N) is 1. The van der Waals surface area contributed by atoms with Crippen LogP contribution in [0, 0.1) is 5.82 Å². The third kappa shape index (κ3) is 5.18. The molecular formula is C17H19FN2O4S. The minimum absolute atomic E-state index is 0.0478. The summed E-state index contributed by atoms with van der Waals surface area (Å²) in [6.45, 7) is 0.126. The molecule has 6 nitrogen and oxygen atoms in total. The molecule has 0 saturated heterocycles. The minimum Gasteiger partial charge on any atom is -0.497 e. The Hall–Kier alpha value is -2.61. The molecule has 2 aromatic carbocycles. The van der Waals surface area contributed by atoms with Crippen molar-refractivity contribution < 1.29 is 22.3 Å². The van der Waals surface area contributed by atoms with Gasteiger partial charge in [0.2, 0.25) is 10.0 Å². The van der Waals surface area contributed by atoms with E-state index in [9.17, 15) is 17.6 Å². The summed E-state index contributed by atoms with van der Waals surface area (Å²) in [4.78, 5) is 12.0. The summed E-state index contributed by atoms with van der Waals surface area (Å²) in [7, 11) is -2.01. The van der Waals surface area contributed by atoms with Crippen LogP contribution in [0.25, 0.3) is 0 Å². The molecule has 0 saturated carbocycles. The number of carbonyl (C=O) groups excluding carboxylic acids is 1. The summed E-state index contributed by atoms with van der Waals surface area (Å²) in [5.74, 6) is -0.372. The van der Waals surface area contributed by atoms with Crippen LogP contribution >= 0.6 is 0 Å². The summed E-state index contributed by atoms with van der Waals surface area (Å²) in [6.07, 6.45) is 1.09. The number of methoxy groups -OCH3 is 1. The molecule has 0 aliphatic carbocycles.